The Morgan fingerprint density at radius 1 is 1.08 bits per heavy atom. The van der Waals surface area contributed by atoms with Crippen LogP contribution in [0.2, 0.25) is 5.02 Å². The average Bonchev–Trinajstić information content (AvgIpc) is 3.72. The number of ether oxygens (including phenoxy) is 2. The van der Waals surface area contributed by atoms with Crippen LogP contribution in [0.15, 0.2) is 59.3 Å². The van der Waals surface area contributed by atoms with E-state index in [1.165, 1.54) is 26.1 Å². The van der Waals surface area contributed by atoms with Crippen LogP contribution in [0.3, 0.4) is 0 Å². The number of rotatable bonds is 5. The van der Waals surface area contributed by atoms with Crippen LogP contribution in [0.1, 0.15) is 39.3 Å². The molecule has 1 aliphatic carbocycles. The van der Waals surface area contributed by atoms with E-state index in [1.54, 1.807) is 36.2 Å². The second-order valence-electron chi connectivity index (χ2n) is 9.17. The van der Waals surface area contributed by atoms with Gasteiger partial charge in [0.1, 0.15) is 22.6 Å². The Bertz CT molecular complexity index is 1540. The highest BCUT2D eigenvalue weighted by Crippen LogP contribution is 2.42. The maximum Gasteiger partial charge on any atom is 0.374 e. The van der Waals surface area contributed by atoms with Gasteiger partial charge in [-0.15, -0.1) is 0 Å². The Balaban J connectivity index is 1.34. The summed E-state index contributed by atoms with van der Waals surface area (Å²) in [7, 11) is 1.29. The van der Waals surface area contributed by atoms with E-state index in [-0.39, 0.29) is 16.7 Å². The minimum absolute atomic E-state index is 0.106. The minimum atomic E-state index is -0.573. The van der Waals surface area contributed by atoms with Gasteiger partial charge < -0.3 is 23.7 Å². The number of benzene rings is 2. The van der Waals surface area contributed by atoms with E-state index in [2.05, 4.69) is 16.0 Å². The van der Waals surface area contributed by atoms with Crippen LogP contribution in [-0.4, -0.2) is 43.1 Å². The van der Waals surface area contributed by atoms with Crippen molar-refractivity contribution in [3.8, 4) is 11.5 Å². The highest BCUT2D eigenvalue weighted by atomic mass is 35.5. The first-order chi connectivity index (χ1) is 18.0. The molecule has 0 bridgehead atoms. The third-order valence-corrected chi connectivity index (χ3v) is 7.17. The maximum absolute atomic E-state index is 13.8. The molecule has 1 saturated carbocycles. The van der Waals surface area contributed by atoms with E-state index in [0.717, 1.165) is 17.9 Å². The average molecular weight is 518 g/mol. The lowest BCUT2D eigenvalue weighted by molar-refractivity contribution is 0.0566. The number of carbonyl (C=O) groups is 2. The van der Waals surface area contributed by atoms with Gasteiger partial charge in [-0.25, -0.2) is 4.79 Å². The molecular formula is C28H24ClN3O5. The number of pyridine rings is 1. The third kappa shape index (κ3) is 4.07. The number of hydrogen-bond acceptors (Lipinski definition) is 7. The molecule has 37 heavy (non-hydrogen) atoms. The number of carbonyl (C=O) groups excluding carboxylic acids is 2. The summed E-state index contributed by atoms with van der Waals surface area (Å²) in [6.45, 7) is 3.10. The van der Waals surface area contributed by atoms with Gasteiger partial charge in [0.05, 0.1) is 23.5 Å². The van der Waals surface area contributed by atoms with Crippen molar-refractivity contribution in [1.82, 2.24) is 4.98 Å². The van der Waals surface area contributed by atoms with Crippen molar-refractivity contribution < 1.29 is 23.5 Å². The molecule has 2 aromatic heterocycles. The third-order valence-electron chi connectivity index (χ3n) is 6.87. The zero-order valence-electron chi connectivity index (χ0n) is 20.4. The van der Waals surface area contributed by atoms with Gasteiger partial charge in [0.2, 0.25) is 5.76 Å². The summed E-state index contributed by atoms with van der Waals surface area (Å²) in [6, 6.07) is 13.5. The molecule has 4 aromatic rings. The fourth-order valence-electron chi connectivity index (χ4n) is 4.84. The SMILES string of the molecule is COC(=O)c1oc2cc(Cl)c(Oc3ccncc3C(=O)N3CCN(C4CC4)c4ccccc43)cc2c1C. The lowest BCUT2D eigenvalue weighted by atomic mass is 10.1. The summed E-state index contributed by atoms with van der Waals surface area (Å²) in [4.78, 5) is 34.2. The number of amides is 1. The van der Waals surface area contributed by atoms with Crippen LogP contribution < -0.4 is 14.5 Å². The van der Waals surface area contributed by atoms with Crippen molar-refractivity contribution in [2.24, 2.45) is 0 Å². The highest BCUT2D eigenvalue weighted by Gasteiger charge is 2.36. The molecule has 0 radical (unpaired) electrons. The van der Waals surface area contributed by atoms with Crippen LogP contribution in [0.5, 0.6) is 11.5 Å². The smallest absolute Gasteiger partial charge is 0.374 e. The summed E-state index contributed by atoms with van der Waals surface area (Å²) in [5.41, 5.74) is 3.32. The van der Waals surface area contributed by atoms with Crippen LogP contribution in [0.25, 0.3) is 11.0 Å². The number of methoxy groups -OCH3 is 1. The van der Waals surface area contributed by atoms with Crippen LogP contribution >= 0.6 is 11.6 Å². The van der Waals surface area contributed by atoms with E-state index in [0.29, 0.717) is 46.2 Å². The van der Waals surface area contributed by atoms with Gasteiger partial charge in [-0.1, -0.05) is 23.7 Å². The van der Waals surface area contributed by atoms with Gasteiger partial charge in [-0.05, 0) is 44.0 Å². The summed E-state index contributed by atoms with van der Waals surface area (Å²) in [5.74, 6) is -0.00656. The first-order valence-electron chi connectivity index (χ1n) is 12.1. The summed E-state index contributed by atoms with van der Waals surface area (Å²) >= 11 is 6.51. The number of esters is 1. The molecule has 188 valence electrons. The molecule has 0 N–H and O–H groups in total. The monoisotopic (exact) mass is 517 g/mol. The zero-order chi connectivity index (χ0) is 25.7. The maximum atomic E-state index is 13.8. The molecule has 3 heterocycles. The van der Waals surface area contributed by atoms with Crippen LogP contribution in [-0.2, 0) is 4.74 Å². The lowest BCUT2D eigenvalue weighted by Crippen LogP contribution is -2.45. The molecular weight excluding hydrogens is 494 g/mol. The Morgan fingerprint density at radius 3 is 2.62 bits per heavy atom. The number of aromatic nitrogens is 1. The van der Waals surface area contributed by atoms with E-state index in [9.17, 15) is 9.59 Å². The standard InChI is InChI=1S/C28H24ClN3O5/c1-16-18-13-25(20(29)14-24(18)37-26(16)28(34)35-2)36-23-9-10-30-15-19(23)27(33)32-12-11-31(17-7-8-17)21-5-3-4-6-22(21)32/h3-6,9-10,13-15,17H,7-8,11-12H2,1-2H3. The normalized spacial score (nSPS) is 15.0. The molecule has 0 unspecified atom stereocenters. The fourth-order valence-corrected chi connectivity index (χ4v) is 5.03. The molecule has 2 aliphatic rings. The Hall–Kier alpha value is -4.04. The fraction of sp³-hybridized carbons (Fsp3) is 0.250. The molecule has 2 aromatic carbocycles. The predicted molar refractivity (Wildman–Crippen MR) is 140 cm³/mol. The highest BCUT2D eigenvalue weighted by molar-refractivity contribution is 6.33. The first kappa shape index (κ1) is 23.4. The van der Waals surface area contributed by atoms with Crippen LogP contribution in [0, 0.1) is 6.92 Å². The van der Waals surface area contributed by atoms with E-state index in [1.807, 2.05) is 18.2 Å². The van der Waals surface area contributed by atoms with Crippen molar-refractivity contribution in [1.29, 1.82) is 0 Å². The van der Waals surface area contributed by atoms with E-state index < -0.39 is 5.97 Å². The largest absolute Gasteiger partial charge is 0.463 e. The molecule has 0 atom stereocenters. The number of para-hydroxylation sites is 2. The van der Waals surface area contributed by atoms with Gasteiger partial charge in [-0.2, -0.15) is 0 Å². The van der Waals surface area contributed by atoms with Crippen molar-refractivity contribution in [2.75, 3.05) is 30.0 Å². The Kier molecular flexibility index (Phi) is 5.76. The van der Waals surface area contributed by atoms with Gasteiger partial charge in [0.25, 0.3) is 5.91 Å². The molecule has 1 fully saturated rings. The number of fused-ring (bicyclic) bond motifs is 2. The molecule has 1 aliphatic heterocycles. The van der Waals surface area contributed by atoms with Crippen molar-refractivity contribution in [3.05, 3.63) is 76.8 Å². The molecule has 9 heteroatoms. The number of furan rings is 1. The number of aryl methyl sites for hydroxylation is 1. The quantitative estimate of drug-likeness (QED) is 0.300. The van der Waals surface area contributed by atoms with Gasteiger partial charge in [-0.3, -0.25) is 9.78 Å². The lowest BCUT2D eigenvalue weighted by Gasteiger charge is -2.38. The molecule has 1 amide bonds. The molecule has 0 spiro atoms. The van der Waals surface area contributed by atoms with Crippen molar-refractivity contribution in [2.45, 2.75) is 25.8 Å². The summed E-state index contributed by atoms with van der Waals surface area (Å²) in [6.07, 6.45) is 5.45. The number of anilines is 2. The van der Waals surface area contributed by atoms with Crippen LogP contribution in [0.4, 0.5) is 11.4 Å². The Morgan fingerprint density at radius 2 is 1.86 bits per heavy atom. The molecule has 8 nitrogen and oxygen atoms in total. The van der Waals surface area contributed by atoms with E-state index >= 15 is 0 Å². The summed E-state index contributed by atoms with van der Waals surface area (Å²) < 4.78 is 16.6. The number of halogens is 1. The van der Waals surface area contributed by atoms with E-state index in [4.69, 9.17) is 25.5 Å². The minimum Gasteiger partial charge on any atom is -0.463 e. The molecule has 0 saturated heterocycles. The summed E-state index contributed by atoms with van der Waals surface area (Å²) in [5, 5.41) is 0.933. The van der Waals surface area contributed by atoms with Crippen molar-refractivity contribution in [3.63, 3.8) is 0 Å². The topological polar surface area (TPSA) is 85.1 Å². The van der Waals surface area contributed by atoms with Gasteiger partial charge in [0, 0.05) is 48.5 Å². The number of hydrogen-bond donors (Lipinski definition) is 0. The first-order valence-corrected chi connectivity index (χ1v) is 12.4. The zero-order valence-corrected chi connectivity index (χ0v) is 21.1. The van der Waals surface area contributed by atoms with Gasteiger partial charge >= 0.3 is 5.97 Å². The van der Waals surface area contributed by atoms with Crippen molar-refractivity contribution >= 4 is 45.8 Å². The second-order valence-corrected chi connectivity index (χ2v) is 9.58. The molecule has 6 rings (SSSR count). The predicted octanol–water partition coefficient (Wildman–Crippen LogP) is 6.00. The van der Waals surface area contributed by atoms with Gasteiger partial charge in [0.15, 0.2) is 0 Å². The number of nitrogens with zero attached hydrogens (tertiary/aromatic N) is 3. The Labute approximate surface area is 218 Å². The second kappa shape index (κ2) is 9.12.